The molecule has 0 heterocycles. The van der Waals surface area contributed by atoms with Gasteiger partial charge < -0.3 is 14.9 Å². The molecule has 0 bridgehead atoms. The fraction of sp³-hybridized carbons (Fsp3) is 0.400. The van der Waals surface area contributed by atoms with Crippen molar-refractivity contribution in [3.63, 3.8) is 0 Å². The quantitative estimate of drug-likeness (QED) is 0.836. The normalized spacial score (nSPS) is 12.3. The van der Waals surface area contributed by atoms with Crippen molar-refractivity contribution in [2.24, 2.45) is 0 Å². The van der Waals surface area contributed by atoms with Crippen LogP contribution in [-0.4, -0.2) is 10.2 Å². The van der Waals surface area contributed by atoms with Crippen molar-refractivity contribution in [3.05, 3.63) is 53.1 Å². The molecule has 3 nitrogen and oxygen atoms in total. The van der Waals surface area contributed by atoms with E-state index < -0.39 is 5.60 Å². The monoisotopic (exact) mass is 314 g/mol. The first-order valence-electron chi connectivity index (χ1n) is 7.83. The van der Waals surface area contributed by atoms with Crippen LogP contribution in [0.15, 0.2) is 36.4 Å². The van der Waals surface area contributed by atoms with Gasteiger partial charge in [0.25, 0.3) is 0 Å². The molecule has 3 heteroatoms. The first kappa shape index (κ1) is 17.2. The van der Waals surface area contributed by atoms with Crippen molar-refractivity contribution in [2.45, 2.75) is 52.6 Å². The summed E-state index contributed by atoms with van der Waals surface area (Å²) in [6.45, 7) is 12.0. The molecule has 0 radical (unpaired) electrons. The topological polar surface area (TPSA) is 49.7 Å². The molecule has 2 aromatic rings. The fourth-order valence-electron chi connectivity index (χ4n) is 2.53. The summed E-state index contributed by atoms with van der Waals surface area (Å²) in [5, 5.41) is 20.4. The van der Waals surface area contributed by atoms with Gasteiger partial charge in [0.15, 0.2) is 11.5 Å². The molecule has 0 unspecified atom stereocenters. The Morgan fingerprint density at radius 3 is 2.04 bits per heavy atom. The predicted octanol–water partition coefficient (Wildman–Crippen LogP) is 5.02. The van der Waals surface area contributed by atoms with Crippen LogP contribution in [-0.2, 0) is 11.0 Å². The van der Waals surface area contributed by atoms with Gasteiger partial charge in [0, 0.05) is 5.56 Å². The van der Waals surface area contributed by atoms with Crippen LogP contribution < -0.4 is 4.74 Å². The van der Waals surface area contributed by atoms with Gasteiger partial charge in [-0.15, -0.1) is 0 Å². The van der Waals surface area contributed by atoms with E-state index in [1.54, 1.807) is 18.2 Å². The second-order valence-electron chi connectivity index (χ2n) is 7.57. The minimum Gasteiger partial charge on any atom is -0.508 e. The molecule has 0 saturated heterocycles. The Morgan fingerprint density at radius 2 is 1.48 bits per heavy atom. The molecule has 124 valence electrons. The van der Waals surface area contributed by atoms with Crippen LogP contribution in [0, 0.1) is 6.92 Å². The number of hydrogen-bond donors (Lipinski definition) is 2. The second-order valence-corrected chi connectivity index (χ2v) is 7.57. The largest absolute Gasteiger partial charge is 0.508 e. The average Bonchev–Trinajstić information content (AvgIpc) is 2.42. The molecule has 0 aliphatic heterocycles. The Labute approximate surface area is 138 Å². The zero-order chi connectivity index (χ0) is 17.4. The molecule has 2 N–H and O–H groups in total. The lowest BCUT2D eigenvalue weighted by Gasteiger charge is -2.29. The lowest BCUT2D eigenvalue weighted by atomic mass is 9.87. The fourth-order valence-corrected chi connectivity index (χ4v) is 2.53. The van der Waals surface area contributed by atoms with Crippen LogP contribution in [0.2, 0.25) is 0 Å². The van der Waals surface area contributed by atoms with E-state index >= 15 is 0 Å². The lowest BCUT2D eigenvalue weighted by Crippen LogP contribution is -2.25. The summed E-state index contributed by atoms with van der Waals surface area (Å²) in [5.41, 5.74) is 1.97. The van der Waals surface area contributed by atoms with Gasteiger partial charge in [-0.1, -0.05) is 38.5 Å². The Morgan fingerprint density at radius 1 is 0.826 bits per heavy atom. The highest BCUT2D eigenvalue weighted by molar-refractivity contribution is 5.46. The number of rotatable bonds is 3. The third-order valence-electron chi connectivity index (χ3n) is 3.99. The zero-order valence-corrected chi connectivity index (χ0v) is 14.8. The highest BCUT2D eigenvalue weighted by atomic mass is 16.5. The Kier molecular flexibility index (Phi) is 4.34. The van der Waals surface area contributed by atoms with Crippen LogP contribution in [0.5, 0.6) is 17.2 Å². The van der Waals surface area contributed by atoms with Crippen molar-refractivity contribution < 1.29 is 14.9 Å². The van der Waals surface area contributed by atoms with E-state index in [-0.39, 0.29) is 16.9 Å². The van der Waals surface area contributed by atoms with E-state index in [0.717, 1.165) is 11.1 Å². The molecule has 0 atom stereocenters. The lowest BCUT2D eigenvalue weighted by molar-refractivity contribution is 0.101. The van der Waals surface area contributed by atoms with Crippen LogP contribution in [0.4, 0.5) is 0 Å². The van der Waals surface area contributed by atoms with Gasteiger partial charge in [-0.2, -0.15) is 0 Å². The standard InChI is InChI=1S/C20H26O3/c1-13-7-9-16(21)15(11-13)20(5,6)23-18-10-8-14(12-17(18)22)19(2,3)4/h7-12,21-22H,1-6H3. The van der Waals surface area contributed by atoms with Crippen molar-refractivity contribution in [1.82, 2.24) is 0 Å². The van der Waals surface area contributed by atoms with Crippen LogP contribution in [0.1, 0.15) is 51.3 Å². The van der Waals surface area contributed by atoms with Gasteiger partial charge in [-0.05, 0) is 56.0 Å². The summed E-state index contributed by atoms with van der Waals surface area (Å²) < 4.78 is 6.01. The number of aromatic hydroxyl groups is 2. The van der Waals surface area contributed by atoms with E-state index in [9.17, 15) is 10.2 Å². The minimum absolute atomic E-state index is 0.0413. The zero-order valence-electron chi connectivity index (χ0n) is 14.8. The van der Waals surface area contributed by atoms with E-state index in [0.29, 0.717) is 11.3 Å². The second kappa shape index (κ2) is 5.80. The van der Waals surface area contributed by atoms with Crippen molar-refractivity contribution in [1.29, 1.82) is 0 Å². The maximum Gasteiger partial charge on any atom is 0.162 e. The third kappa shape index (κ3) is 3.79. The van der Waals surface area contributed by atoms with Crippen LogP contribution in [0.25, 0.3) is 0 Å². The molecule has 0 saturated carbocycles. The van der Waals surface area contributed by atoms with Gasteiger partial charge in [0.2, 0.25) is 0 Å². The average molecular weight is 314 g/mol. The summed E-state index contributed by atoms with van der Waals surface area (Å²) in [6, 6.07) is 10.9. The number of aryl methyl sites for hydroxylation is 1. The molecule has 0 fully saturated rings. The number of phenols is 2. The number of hydrogen-bond acceptors (Lipinski definition) is 3. The molecule has 23 heavy (non-hydrogen) atoms. The Bertz CT molecular complexity index is 709. The van der Waals surface area contributed by atoms with Gasteiger partial charge >= 0.3 is 0 Å². The maximum absolute atomic E-state index is 10.3. The molecule has 0 aliphatic carbocycles. The molecule has 0 spiro atoms. The molecular weight excluding hydrogens is 288 g/mol. The van der Waals surface area contributed by atoms with Gasteiger partial charge in [-0.3, -0.25) is 0 Å². The molecule has 0 aliphatic rings. The third-order valence-corrected chi connectivity index (χ3v) is 3.99. The number of phenolic OH excluding ortho intramolecular Hbond substituents is 2. The van der Waals surface area contributed by atoms with E-state index in [2.05, 4.69) is 20.8 Å². The molecule has 0 amide bonds. The predicted molar refractivity (Wildman–Crippen MR) is 93.3 cm³/mol. The van der Waals surface area contributed by atoms with Crippen LogP contribution >= 0.6 is 0 Å². The van der Waals surface area contributed by atoms with Gasteiger partial charge in [0.05, 0.1) is 0 Å². The van der Waals surface area contributed by atoms with Gasteiger partial charge in [-0.25, -0.2) is 0 Å². The molecule has 0 aromatic heterocycles. The first-order valence-corrected chi connectivity index (χ1v) is 7.83. The van der Waals surface area contributed by atoms with E-state index in [1.165, 1.54) is 0 Å². The Balaban J connectivity index is 2.36. The van der Waals surface area contributed by atoms with Gasteiger partial charge in [0.1, 0.15) is 11.4 Å². The van der Waals surface area contributed by atoms with Crippen molar-refractivity contribution >= 4 is 0 Å². The molecule has 2 aromatic carbocycles. The van der Waals surface area contributed by atoms with E-state index in [4.69, 9.17) is 4.74 Å². The highest BCUT2D eigenvalue weighted by Crippen LogP contribution is 2.39. The SMILES string of the molecule is Cc1ccc(O)c(C(C)(C)Oc2ccc(C(C)(C)C)cc2O)c1. The Hall–Kier alpha value is -2.16. The molecular formula is C20H26O3. The van der Waals surface area contributed by atoms with Crippen molar-refractivity contribution in [3.8, 4) is 17.2 Å². The molecule has 2 rings (SSSR count). The first-order chi connectivity index (χ1) is 10.5. The van der Waals surface area contributed by atoms with Crippen LogP contribution in [0.3, 0.4) is 0 Å². The summed E-state index contributed by atoms with van der Waals surface area (Å²) >= 11 is 0. The van der Waals surface area contributed by atoms with Crippen molar-refractivity contribution in [2.75, 3.05) is 0 Å². The summed E-state index contributed by atoms with van der Waals surface area (Å²) in [5.74, 6) is 0.702. The van der Waals surface area contributed by atoms with E-state index in [1.807, 2.05) is 39.0 Å². The summed E-state index contributed by atoms with van der Waals surface area (Å²) in [6.07, 6.45) is 0. The summed E-state index contributed by atoms with van der Waals surface area (Å²) in [4.78, 5) is 0. The summed E-state index contributed by atoms with van der Waals surface area (Å²) in [7, 11) is 0. The maximum atomic E-state index is 10.3. The highest BCUT2D eigenvalue weighted by Gasteiger charge is 2.27. The number of ether oxygens (including phenoxy) is 1. The number of benzene rings is 2. The smallest absolute Gasteiger partial charge is 0.162 e. The minimum atomic E-state index is -0.767.